The van der Waals surface area contributed by atoms with Gasteiger partial charge in [-0.3, -0.25) is 0 Å². The zero-order valence-electron chi connectivity index (χ0n) is 12.8. The quantitative estimate of drug-likeness (QED) is 0.690. The first kappa shape index (κ1) is 14.2. The predicted octanol–water partition coefficient (Wildman–Crippen LogP) is 2.82. The topological polar surface area (TPSA) is 62.7 Å². The number of nitrogens with zero attached hydrogens (tertiary/aromatic N) is 2. The molecule has 1 heterocycles. The smallest absolute Gasteiger partial charge is 0.147 e. The molecule has 0 aliphatic carbocycles. The lowest BCUT2D eigenvalue weighted by Gasteiger charge is -2.12. The molecule has 0 aliphatic rings. The van der Waals surface area contributed by atoms with E-state index in [1.807, 2.05) is 0 Å². The van der Waals surface area contributed by atoms with Gasteiger partial charge in [0.25, 0.3) is 0 Å². The van der Waals surface area contributed by atoms with Crippen LogP contribution in [0.1, 0.15) is 0 Å². The number of methoxy groups -OCH3 is 4. The third-order valence-electron chi connectivity index (χ3n) is 3.48. The highest BCUT2D eigenvalue weighted by molar-refractivity contribution is 5.97. The summed E-state index contributed by atoms with van der Waals surface area (Å²) >= 11 is 0. The number of hydrogen-bond acceptors (Lipinski definition) is 6. The Morgan fingerprint density at radius 2 is 0.727 bits per heavy atom. The Morgan fingerprint density at radius 3 is 0.909 bits per heavy atom. The van der Waals surface area contributed by atoms with Gasteiger partial charge in [0.1, 0.15) is 45.1 Å². The van der Waals surface area contributed by atoms with Crippen molar-refractivity contribution >= 4 is 22.1 Å². The van der Waals surface area contributed by atoms with E-state index >= 15 is 0 Å². The molecular weight excluding hydrogens is 284 g/mol. The van der Waals surface area contributed by atoms with Crippen LogP contribution < -0.4 is 18.9 Å². The van der Waals surface area contributed by atoms with Gasteiger partial charge in [-0.15, -0.1) is 0 Å². The van der Waals surface area contributed by atoms with Crippen LogP contribution in [0.15, 0.2) is 24.3 Å². The summed E-state index contributed by atoms with van der Waals surface area (Å²) in [5, 5.41) is 0. The number of benzene rings is 2. The van der Waals surface area contributed by atoms with Gasteiger partial charge < -0.3 is 18.9 Å². The molecule has 0 saturated heterocycles. The van der Waals surface area contributed by atoms with Gasteiger partial charge in [-0.1, -0.05) is 0 Å². The summed E-state index contributed by atoms with van der Waals surface area (Å²) in [5.41, 5.74) is 2.45. The Balaban J connectivity index is 2.49. The van der Waals surface area contributed by atoms with Crippen LogP contribution in [0.4, 0.5) is 0 Å². The molecule has 22 heavy (non-hydrogen) atoms. The molecule has 3 aromatic rings. The molecule has 6 heteroatoms. The molecule has 0 unspecified atom stereocenters. The normalized spacial score (nSPS) is 10.7. The van der Waals surface area contributed by atoms with E-state index in [2.05, 4.69) is 9.97 Å². The molecule has 2 aromatic carbocycles. The second-order valence-corrected chi connectivity index (χ2v) is 4.56. The molecule has 0 radical (unpaired) electrons. The van der Waals surface area contributed by atoms with Crippen LogP contribution in [0, 0.1) is 0 Å². The van der Waals surface area contributed by atoms with Crippen molar-refractivity contribution in [2.45, 2.75) is 0 Å². The summed E-state index contributed by atoms with van der Waals surface area (Å²) in [6, 6.07) is 7.20. The standard InChI is InChI=1S/C16H16N2O4/c1-19-9-5-6-10(20-2)14-13(9)17-15-11(21-3)7-8-12(22-4)16(15)18-14/h5-8H,1-4H3. The summed E-state index contributed by atoms with van der Waals surface area (Å²) in [6.07, 6.45) is 0. The van der Waals surface area contributed by atoms with Gasteiger partial charge in [0.05, 0.1) is 28.4 Å². The maximum Gasteiger partial charge on any atom is 0.147 e. The second-order valence-electron chi connectivity index (χ2n) is 4.56. The molecule has 6 nitrogen and oxygen atoms in total. The Bertz CT molecular complexity index is 712. The fraction of sp³-hybridized carbons (Fsp3) is 0.250. The molecule has 0 atom stereocenters. The first-order valence-electron chi connectivity index (χ1n) is 6.67. The predicted molar refractivity (Wildman–Crippen MR) is 83.3 cm³/mol. The fourth-order valence-electron chi connectivity index (χ4n) is 2.40. The molecule has 0 aliphatic heterocycles. The molecule has 0 N–H and O–H groups in total. The third kappa shape index (κ3) is 2.04. The number of ether oxygens (including phenoxy) is 4. The van der Waals surface area contributed by atoms with E-state index in [4.69, 9.17) is 18.9 Å². The van der Waals surface area contributed by atoms with Crippen molar-refractivity contribution in [1.29, 1.82) is 0 Å². The minimum Gasteiger partial charge on any atom is -0.494 e. The van der Waals surface area contributed by atoms with Gasteiger partial charge in [0, 0.05) is 0 Å². The summed E-state index contributed by atoms with van der Waals surface area (Å²) < 4.78 is 21.5. The lowest BCUT2D eigenvalue weighted by atomic mass is 10.2. The van der Waals surface area contributed by atoms with Gasteiger partial charge in [0.2, 0.25) is 0 Å². The van der Waals surface area contributed by atoms with Crippen LogP contribution in [0.25, 0.3) is 22.1 Å². The maximum absolute atomic E-state index is 5.38. The molecule has 0 bridgehead atoms. The van der Waals surface area contributed by atoms with Crippen molar-refractivity contribution in [1.82, 2.24) is 9.97 Å². The van der Waals surface area contributed by atoms with Crippen molar-refractivity contribution in [2.24, 2.45) is 0 Å². The number of rotatable bonds is 4. The molecule has 0 fully saturated rings. The summed E-state index contributed by atoms with van der Waals surface area (Å²) in [5.74, 6) is 2.48. The Labute approximate surface area is 127 Å². The summed E-state index contributed by atoms with van der Waals surface area (Å²) in [4.78, 5) is 9.33. The Kier molecular flexibility index (Phi) is 3.58. The molecule has 0 amide bonds. The van der Waals surface area contributed by atoms with Crippen molar-refractivity contribution in [3.05, 3.63) is 24.3 Å². The van der Waals surface area contributed by atoms with Crippen LogP contribution in [0.2, 0.25) is 0 Å². The average molecular weight is 300 g/mol. The van der Waals surface area contributed by atoms with Crippen LogP contribution in [0.5, 0.6) is 23.0 Å². The van der Waals surface area contributed by atoms with Gasteiger partial charge >= 0.3 is 0 Å². The zero-order chi connectivity index (χ0) is 15.7. The lowest BCUT2D eigenvalue weighted by Crippen LogP contribution is -1.98. The molecule has 1 aromatic heterocycles. The zero-order valence-corrected chi connectivity index (χ0v) is 12.8. The first-order valence-corrected chi connectivity index (χ1v) is 6.67. The summed E-state index contributed by atoms with van der Waals surface area (Å²) in [6.45, 7) is 0. The number of hydrogen-bond donors (Lipinski definition) is 0. The largest absolute Gasteiger partial charge is 0.494 e. The Hall–Kier alpha value is -2.76. The van der Waals surface area contributed by atoms with Gasteiger partial charge in [0.15, 0.2) is 0 Å². The maximum atomic E-state index is 5.38. The van der Waals surface area contributed by atoms with E-state index in [9.17, 15) is 0 Å². The van der Waals surface area contributed by atoms with Crippen LogP contribution in [-0.2, 0) is 0 Å². The van der Waals surface area contributed by atoms with E-state index in [-0.39, 0.29) is 0 Å². The Morgan fingerprint density at radius 1 is 0.500 bits per heavy atom. The van der Waals surface area contributed by atoms with Crippen LogP contribution in [0.3, 0.4) is 0 Å². The van der Waals surface area contributed by atoms with Crippen molar-refractivity contribution in [3.8, 4) is 23.0 Å². The highest BCUT2D eigenvalue weighted by atomic mass is 16.5. The van der Waals surface area contributed by atoms with Crippen LogP contribution in [-0.4, -0.2) is 38.4 Å². The fourth-order valence-corrected chi connectivity index (χ4v) is 2.40. The van der Waals surface area contributed by atoms with Gasteiger partial charge in [-0.05, 0) is 24.3 Å². The minimum atomic E-state index is 0.612. The van der Waals surface area contributed by atoms with E-state index in [1.54, 1.807) is 52.7 Å². The van der Waals surface area contributed by atoms with Gasteiger partial charge in [-0.25, -0.2) is 9.97 Å². The first-order chi connectivity index (χ1) is 10.7. The van der Waals surface area contributed by atoms with Gasteiger partial charge in [-0.2, -0.15) is 0 Å². The van der Waals surface area contributed by atoms with E-state index in [1.165, 1.54) is 0 Å². The molecule has 3 rings (SSSR count). The number of fused-ring (bicyclic) bond motifs is 2. The minimum absolute atomic E-state index is 0.612. The van der Waals surface area contributed by atoms with E-state index in [0.717, 1.165) is 0 Å². The monoisotopic (exact) mass is 300 g/mol. The summed E-state index contributed by atoms with van der Waals surface area (Å²) in [7, 11) is 6.37. The van der Waals surface area contributed by atoms with E-state index in [0.29, 0.717) is 45.1 Å². The highest BCUT2D eigenvalue weighted by Crippen LogP contribution is 2.36. The average Bonchev–Trinajstić information content (AvgIpc) is 2.58. The molecule has 0 spiro atoms. The SMILES string of the molecule is COc1ccc(OC)c2nc3c(OC)ccc(OC)c3nc12. The lowest BCUT2D eigenvalue weighted by molar-refractivity contribution is 0.406. The number of aromatic nitrogens is 2. The van der Waals surface area contributed by atoms with Crippen LogP contribution >= 0.6 is 0 Å². The van der Waals surface area contributed by atoms with E-state index < -0.39 is 0 Å². The third-order valence-corrected chi connectivity index (χ3v) is 3.48. The molecule has 0 saturated carbocycles. The van der Waals surface area contributed by atoms with Crippen molar-refractivity contribution in [2.75, 3.05) is 28.4 Å². The molecule has 114 valence electrons. The second kappa shape index (κ2) is 5.55. The van der Waals surface area contributed by atoms with Crippen molar-refractivity contribution < 1.29 is 18.9 Å². The van der Waals surface area contributed by atoms with Crippen molar-refractivity contribution in [3.63, 3.8) is 0 Å². The molecular formula is C16H16N2O4. The highest BCUT2D eigenvalue weighted by Gasteiger charge is 2.16.